The van der Waals surface area contributed by atoms with Gasteiger partial charge in [-0.1, -0.05) is 0 Å². The lowest BCUT2D eigenvalue weighted by atomic mass is 10.0. The van der Waals surface area contributed by atoms with E-state index in [2.05, 4.69) is 9.71 Å². The summed E-state index contributed by atoms with van der Waals surface area (Å²) in [5.74, 6) is -1.26. The van der Waals surface area contributed by atoms with E-state index in [4.69, 9.17) is 0 Å². The summed E-state index contributed by atoms with van der Waals surface area (Å²) in [4.78, 5) is 3.80. The Morgan fingerprint density at radius 2 is 1.88 bits per heavy atom. The van der Waals surface area contributed by atoms with Gasteiger partial charge in [0.2, 0.25) is 0 Å². The first-order chi connectivity index (χ1) is 11.6. The van der Waals surface area contributed by atoms with E-state index in [0.29, 0.717) is 5.56 Å². The molecule has 0 bridgehead atoms. The van der Waals surface area contributed by atoms with E-state index in [-0.39, 0.29) is 16.8 Å². The van der Waals surface area contributed by atoms with Crippen LogP contribution in [0.15, 0.2) is 30.5 Å². The maximum Gasteiger partial charge on any atom is 0.136 e. The van der Waals surface area contributed by atoms with Crippen molar-refractivity contribution in [1.29, 1.82) is 0 Å². The first-order valence-electron chi connectivity index (χ1n) is 7.81. The van der Waals surface area contributed by atoms with E-state index in [0.717, 1.165) is 12.1 Å². The van der Waals surface area contributed by atoms with Crippen LogP contribution in [0, 0.1) is 11.6 Å². The number of hydrogen-bond donors (Lipinski definition) is 1. The maximum absolute atomic E-state index is 14.5. The van der Waals surface area contributed by atoms with Crippen molar-refractivity contribution in [3.63, 3.8) is 0 Å². The minimum atomic E-state index is -1.42. The van der Waals surface area contributed by atoms with E-state index in [1.807, 2.05) is 0 Å². The van der Waals surface area contributed by atoms with Gasteiger partial charge in [0, 0.05) is 28.7 Å². The second-order valence-electron chi connectivity index (χ2n) is 6.74. The Balaban J connectivity index is 2.33. The van der Waals surface area contributed by atoms with Crippen molar-refractivity contribution in [2.45, 2.75) is 45.2 Å². The van der Waals surface area contributed by atoms with Crippen LogP contribution < -0.4 is 4.72 Å². The largest absolute Gasteiger partial charge is 0.598 e. The van der Waals surface area contributed by atoms with Crippen LogP contribution in [0.5, 0.6) is 0 Å². The Morgan fingerprint density at radius 3 is 2.48 bits per heavy atom. The molecule has 0 saturated heterocycles. The number of alkyl halides is 1. The zero-order chi connectivity index (χ0) is 18.8. The molecular formula is C18H21F3N2OS. The quantitative estimate of drug-likeness (QED) is 0.782. The molecule has 1 unspecified atom stereocenters. The highest BCUT2D eigenvalue weighted by Gasteiger charge is 2.29. The van der Waals surface area contributed by atoms with E-state index < -0.39 is 40.5 Å². The third-order valence-electron chi connectivity index (χ3n) is 3.66. The lowest BCUT2D eigenvalue weighted by molar-refractivity contribution is 0.476. The van der Waals surface area contributed by atoms with Gasteiger partial charge >= 0.3 is 0 Å². The number of hydrogen-bond acceptors (Lipinski definition) is 3. The molecule has 0 fully saturated rings. The van der Waals surface area contributed by atoms with E-state index >= 15 is 0 Å². The number of aromatic nitrogens is 1. The van der Waals surface area contributed by atoms with E-state index in [1.54, 1.807) is 27.7 Å². The zero-order valence-electron chi connectivity index (χ0n) is 14.6. The minimum Gasteiger partial charge on any atom is -0.598 e. The number of halogens is 3. The maximum atomic E-state index is 14.5. The Labute approximate surface area is 149 Å². The number of nitrogens with zero attached hydrogens (tertiary/aromatic N) is 1. The fourth-order valence-corrected chi connectivity index (χ4v) is 3.04. The van der Waals surface area contributed by atoms with Crippen molar-refractivity contribution < 1.29 is 17.7 Å². The molecule has 1 heterocycles. The summed E-state index contributed by atoms with van der Waals surface area (Å²) in [6, 6.07) is 4.39. The van der Waals surface area contributed by atoms with Crippen molar-refractivity contribution >= 4 is 11.4 Å². The average molecular weight is 370 g/mol. The van der Waals surface area contributed by atoms with Gasteiger partial charge in [-0.15, -0.1) is 4.72 Å². The third-order valence-corrected chi connectivity index (χ3v) is 5.34. The number of benzene rings is 1. The minimum absolute atomic E-state index is 0.0301. The van der Waals surface area contributed by atoms with Gasteiger partial charge in [0.15, 0.2) is 0 Å². The van der Waals surface area contributed by atoms with Crippen LogP contribution in [0.25, 0.3) is 11.1 Å². The predicted molar refractivity (Wildman–Crippen MR) is 93.8 cm³/mol. The van der Waals surface area contributed by atoms with E-state index in [1.165, 1.54) is 18.3 Å². The molecule has 0 aliphatic carbocycles. The first-order valence-corrected chi connectivity index (χ1v) is 8.96. The highest BCUT2D eigenvalue weighted by Crippen LogP contribution is 2.29. The monoisotopic (exact) mass is 370 g/mol. The topological polar surface area (TPSA) is 48.0 Å². The summed E-state index contributed by atoms with van der Waals surface area (Å²) >= 11 is -1.42. The molecule has 1 aromatic heterocycles. The molecule has 0 saturated carbocycles. The second-order valence-corrected chi connectivity index (χ2v) is 8.74. The molecule has 7 heteroatoms. The van der Waals surface area contributed by atoms with Crippen LogP contribution >= 0.6 is 0 Å². The van der Waals surface area contributed by atoms with Crippen LogP contribution in [0.1, 0.15) is 45.0 Å². The zero-order valence-corrected chi connectivity index (χ0v) is 15.4. The normalized spacial score (nSPS) is 14.4. The van der Waals surface area contributed by atoms with Gasteiger partial charge in [-0.2, -0.15) is 0 Å². The number of rotatable bonds is 5. The third kappa shape index (κ3) is 4.74. The summed E-state index contributed by atoms with van der Waals surface area (Å²) in [6.45, 7) is 6.20. The van der Waals surface area contributed by atoms with Crippen molar-refractivity contribution in [1.82, 2.24) is 9.71 Å². The van der Waals surface area contributed by atoms with Crippen LogP contribution in [0.3, 0.4) is 0 Å². The van der Waals surface area contributed by atoms with Gasteiger partial charge in [0.05, 0.1) is 11.7 Å². The second kappa shape index (κ2) is 7.76. The van der Waals surface area contributed by atoms with Crippen molar-refractivity contribution in [2.24, 2.45) is 0 Å². The molecule has 2 aromatic rings. The molecule has 2 atom stereocenters. The van der Waals surface area contributed by atoms with Crippen LogP contribution in [0.4, 0.5) is 13.2 Å². The van der Waals surface area contributed by atoms with Gasteiger partial charge in [-0.25, -0.2) is 13.2 Å². The Hall–Kier alpha value is -1.57. The lowest BCUT2D eigenvalue weighted by Gasteiger charge is -2.26. The molecule has 0 spiro atoms. The van der Waals surface area contributed by atoms with Gasteiger partial charge in [0.25, 0.3) is 0 Å². The molecule has 1 aromatic carbocycles. The Bertz CT molecular complexity index is 750. The Kier molecular flexibility index (Phi) is 6.13. The lowest BCUT2D eigenvalue weighted by Crippen LogP contribution is -2.40. The summed E-state index contributed by atoms with van der Waals surface area (Å²) in [5, 5.41) is 0. The smallest absolute Gasteiger partial charge is 0.136 e. The number of nitrogens with one attached hydrogen (secondary N) is 1. The number of pyridine rings is 1. The molecule has 0 aliphatic rings. The van der Waals surface area contributed by atoms with Crippen molar-refractivity contribution in [3.8, 4) is 11.1 Å². The van der Waals surface area contributed by atoms with Gasteiger partial charge < -0.3 is 4.55 Å². The van der Waals surface area contributed by atoms with Gasteiger partial charge in [-0.05, 0) is 57.5 Å². The molecular weight excluding hydrogens is 349 g/mol. The fourth-order valence-electron chi connectivity index (χ4n) is 2.23. The molecule has 25 heavy (non-hydrogen) atoms. The molecule has 3 nitrogen and oxygen atoms in total. The van der Waals surface area contributed by atoms with Crippen LogP contribution in [0.2, 0.25) is 0 Å². The van der Waals surface area contributed by atoms with Crippen LogP contribution in [-0.2, 0) is 18.0 Å². The SMILES string of the molecule is C[C@H](N[S+]([O-])C(C)(C)C)c1cc(F)c(-c2ccnc(CF)c2)cc1F. The summed E-state index contributed by atoms with van der Waals surface area (Å²) < 4.78 is 56.1. The van der Waals surface area contributed by atoms with Crippen molar-refractivity contribution in [3.05, 3.63) is 53.4 Å². The first kappa shape index (κ1) is 19.8. The molecule has 136 valence electrons. The molecule has 1 N–H and O–H groups in total. The Morgan fingerprint density at radius 1 is 1.20 bits per heavy atom. The van der Waals surface area contributed by atoms with E-state index in [9.17, 15) is 17.7 Å². The van der Waals surface area contributed by atoms with Gasteiger partial charge in [0.1, 0.15) is 23.1 Å². The fraction of sp³-hybridized carbons (Fsp3) is 0.389. The summed E-state index contributed by atoms with van der Waals surface area (Å²) in [7, 11) is 0. The average Bonchev–Trinajstić information content (AvgIpc) is 2.55. The predicted octanol–water partition coefficient (Wildman–Crippen LogP) is 4.61. The molecule has 0 aliphatic heterocycles. The van der Waals surface area contributed by atoms with Crippen LogP contribution in [-0.4, -0.2) is 14.3 Å². The summed E-state index contributed by atoms with van der Waals surface area (Å²) in [5.41, 5.74) is 0.614. The highest BCUT2D eigenvalue weighted by molar-refractivity contribution is 7.90. The van der Waals surface area contributed by atoms with Crippen molar-refractivity contribution in [2.75, 3.05) is 0 Å². The molecule has 2 rings (SSSR count). The van der Waals surface area contributed by atoms with Gasteiger partial charge in [-0.3, -0.25) is 4.98 Å². The molecule has 0 radical (unpaired) electrons. The highest BCUT2D eigenvalue weighted by atomic mass is 32.2. The standard InChI is InChI=1S/C18H21F3N2OS/c1-11(23-25(24)18(2,3)4)14-8-17(21)15(9-16(14)20)12-5-6-22-13(7-12)10-19/h5-9,11,23H,10H2,1-4H3/t11-,25?/m0/s1. The summed E-state index contributed by atoms with van der Waals surface area (Å²) in [6.07, 6.45) is 1.35. The molecule has 0 amide bonds.